The maximum absolute atomic E-state index is 13.0. The number of aromatic nitrogens is 2. The van der Waals surface area contributed by atoms with Gasteiger partial charge in [0.05, 0.1) is 33.4 Å². The topological polar surface area (TPSA) is 57.8 Å². The van der Waals surface area contributed by atoms with Crippen molar-refractivity contribution in [2.24, 2.45) is 0 Å². The predicted molar refractivity (Wildman–Crippen MR) is 125 cm³/mol. The van der Waals surface area contributed by atoms with Gasteiger partial charge in [0.25, 0.3) is 0 Å². The zero-order chi connectivity index (χ0) is 23.4. The number of anilines is 1. The summed E-state index contributed by atoms with van der Waals surface area (Å²) in [5, 5.41) is 2.98. The van der Waals surface area contributed by atoms with E-state index >= 15 is 0 Å². The molecule has 0 fully saturated rings. The molecule has 0 saturated heterocycles. The van der Waals surface area contributed by atoms with E-state index in [1.807, 2.05) is 60.7 Å². The van der Waals surface area contributed by atoms with E-state index in [9.17, 15) is 18.0 Å². The number of hydrogen-bond acceptors (Lipinski definition) is 3. The zero-order valence-electron chi connectivity index (χ0n) is 17.0. The second kappa shape index (κ2) is 9.72. The number of carbonyl (C=O) groups excluding carboxylic acids is 1. The van der Waals surface area contributed by atoms with Crippen LogP contribution in [0.1, 0.15) is 5.56 Å². The number of nitrogens with one attached hydrogen (secondary N) is 2. The van der Waals surface area contributed by atoms with Crippen molar-refractivity contribution in [3.8, 4) is 22.5 Å². The molecule has 0 bridgehead atoms. The van der Waals surface area contributed by atoms with Crippen molar-refractivity contribution in [3.63, 3.8) is 0 Å². The summed E-state index contributed by atoms with van der Waals surface area (Å²) in [5.41, 5.74) is 2.43. The molecule has 4 aromatic rings. The fourth-order valence-electron chi connectivity index (χ4n) is 3.16. The first kappa shape index (κ1) is 22.9. The Bertz CT molecular complexity index is 1200. The van der Waals surface area contributed by atoms with Gasteiger partial charge in [0, 0.05) is 11.1 Å². The molecule has 2 N–H and O–H groups in total. The third-order valence-electron chi connectivity index (χ3n) is 4.70. The highest BCUT2D eigenvalue weighted by Crippen LogP contribution is 2.35. The number of rotatable bonds is 6. The molecule has 0 aliphatic carbocycles. The van der Waals surface area contributed by atoms with Crippen molar-refractivity contribution in [2.75, 3.05) is 11.1 Å². The molecule has 33 heavy (non-hydrogen) atoms. The fraction of sp³-hybridized carbons (Fsp3) is 0.0833. The zero-order valence-corrected chi connectivity index (χ0v) is 18.6. The summed E-state index contributed by atoms with van der Waals surface area (Å²) in [6.07, 6.45) is -4.53. The SMILES string of the molecule is O=C(CSc1nc(-c2ccccc2)c(-c2ccccc2)[nH]1)Nc1cc(C(F)(F)F)ccc1Cl. The molecular formula is C24H17ClF3N3OS. The second-order valence-corrected chi connectivity index (χ2v) is 8.40. The molecule has 0 atom stereocenters. The summed E-state index contributed by atoms with van der Waals surface area (Å²) >= 11 is 7.10. The highest BCUT2D eigenvalue weighted by atomic mass is 35.5. The average molecular weight is 488 g/mol. The lowest BCUT2D eigenvalue weighted by molar-refractivity contribution is -0.137. The van der Waals surface area contributed by atoms with Gasteiger partial charge >= 0.3 is 6.18 Å². The molecule has 9 heteroatoms. The number of aromatic amines is 1. The van der Waals surface area contributed by atoms with E-state index in [-0.39, 0.29) is 16.5 Å². The van der Waals surface area contributed by atoms with Gasteiger partial charge in [-0.05, 0) is 18.2 Å². The van der Waals surface area contributed by atoms with Crippen LogP contribution in [0.4, 0.5) is 18.9 Å². The van der Waals surface area contributed by atoms with Crippen LogP contribution in [0, 0.1) is 0 Å². The molecule has 1 amide bonds. The van der Waals surface area contributed by atoms with Crippen LogP contribution in [0.15, 0.2) is 84.0 Å². The van der Waals surface area contributed by atoms with Gasteiger partial charge in [-0.15, -0.1) is 0 Å². The molecule has 3 aromatic carbocycles. The van der Waals surface area contributed by atoms with Gasteiger partial charge in [0.1, 0.15) is 0 Å². The molecule has 0 aliphatic rings. The lowest BCUT2D eigenvalue weighted by Crippen LogP contribution is -2.15. The fourth-order valence-corrected chi connectivity index (χ4v) is 3.99. The van der Waals surface area contributed by atoms with Crippen LogP contribution in [0.2, 0.25) is 5.02 Å². The van der Waals surface area contributed by atoms with E-state index in [1.54, 1.807) is 0 Å². The molecule has 168 valence electrons. The van der Waals surface area contributed by atoms with Crippen molar-refractivity contribution in [1.82, 2.24) is 9.97 Å². The van der Waals surface area contributed by atoms with Crippen LogP contribution < -0.4 is 5.32 Å². The summed E-state index contributed by atoms with van der Waals surface area (Å²) in [4.78, 5) is 20.3. The highest BCUT2D eigenvalue weighted by molar-refractivity contribution is 7.99. The Morgan fingerprint density at radius 3 is 2.24 bits per heavy atom. The van der Waals surface area contributed by atoms with Crippen molar-refractivity contribution in [2.45, 2.75) is 11.3 Å². The molecular weight excluding hydrogens is 471 g/mol. The van der Waals surface area contributed by atoms with Gasteiger partial charge in [0.15, 0.2) is 5.16 Å². The molecule has 0 unspecified atom stereocenters. The minimum absolute atomic E-state index is 0.0251. The van der Waals surface area contributed by atoms with Crippen LogP contribution in [0.3, 0.4) is 0 Å². The van der Waals surface area contributed by atoms with Crippen molar-refractivity contribution in [3.05, 3.63) is 89.4 Å². The van der Waals surface area contributed by atoms with Crippen molar-refractivity contribution in [1.29, 1.82) is 0 Å². The molecule has 4 rings (SSSR count). The minimum Gasteiger partial charge on any atom is -0.332 e. The average Bonchev–Trinajstić information content (AvgIpc) is 3.24. The summed E-state index contributed by atoms with van der Waals surface area (Å²) in [6.45, 7) is 0. The number of amides is 1. The first-order chi connectivity index (χ1) is 15.8. The van der Waals surface area contributed by atoms with E-state index in [4.69, 9.17) is 11.6 Å². The van der Waals surface area contributed by atoms with Crippen LogP contribution >= 0.6 is 23.4 Å². The summed E-state index contributed by atoms with van der Waals surface area (Å²) in [5.74, 6) is -0.567. The summed E-state index contributed by atoms with van der Waals surface area (Å²) in [7, 11) is 0. The Labute approximate surface area is 197 Å². The molecule has 4 nitrogen and oxygen atoms in total. The number of thioether (sulfide) groups is 1. The Balaban J connectivity index is 1.52. The number of imidazole rings is 1. The van der Waals surface area contributed by atoms with E-state index in [1.165, 1.54) is 0 Å². The van der Waals surface area contributed by atoms with Crippen LogP contribution in [-0.4, -0.2) is 21.6 Å². The molecule has 1 heterocycles. The van der Waals surface area contributed by atoms with Gasteiger partial charge in [0.2, 0.25) is 5.91 Å². The lowest BCUT2D eigenvalue weighted by Gasteiger charge is -2.11. The van der Waals surface area contributed by atoms with Crippen molar-refractivity contribution >= 4 is 35.0 Å². The number of benzene rings is 3. The molecule has 1 aromatic heterocycles. The number of carbonyl (C=O) groups is 1. The number of alkyl halides is 3. The maximum atomic E-state index is 13.0. The summed E-state index contributed by atoms with van der Waals surface area (Å²) in [6, 6.07) is 22.1. The van der Waals surface area contributed by atoms with E-state index < -0.39 is 17.6 Å². The van der Waals surface area contributed by atoms with Gasteiger partial charge in [-0.25, -0.2) is 4.98 Å². The van der Waals surface area contributed by atoms with Gasteiger partial charge in [-0.3, -0.25) is 4.79 Å². The lowest BCUT2D eigenvalue weighted by atomic mass is 10.1. The van der Waals surface area contributed by atoms with Crippen LogP contribution in [0.25, 0.3) is 22.5 Å². The standard InChI is InChI=1S/C24H17ClF3N3OS/c25-18-12-11-17(24(26,27)28)13-19(18)29-20(32)14-33-23-30-21(15-7-3-1-4-8-15)22(31-23)16-9-5-2-6-10-16/h1-13H,14H2,(H,29,32)(H,30,31). The second-order valence-electron chi connectivity index (χ2n) is 7.03. The largest absolute Gasteiger partial charge is 0.416 e. The minimum atomic E-state index is -4.53. The first-order valence-corrected chi connectivity index (χ1v) is 11.2. The molecule has 0 saturated carbocycles. The monoisotopic (exact) mass is 487 g/mol. The molecule has 0 radical (unpaired) electrons. The number of nitrogens with zero attached hydrogens (tertiary/aromatic N) is 1. The predicted octanol–water partition coefficient (Wildman–Crippen LogP) is 7.15. The van der Waals surface area contributed by atoms with Crippen LogP contribution in [-0.2, 0) is 11.0 Å². The smallest absolute Gasteiger partial charge is 0.332 e. The van der Waals surface area contributed by atoms with E-state index in [2.05, 4.69) is 15.3 Å². The third kappa shape index (κ3) is 5.58. The quantitative estimate of drug-likeness (QED) is 0.284. The number of halogens is 4. The van der Waals surface area contributed by atoms with Gasteiger partial charge in [-0.1, -0.05) is 84.0 Å². The normalized spacial score (nSPS) is 11.4. The van der Waals surface area contributed by atoms with Crippen molar-refractivity contribution < 1.29 is 18.0 Å². The van der Waals surface area contributed by atoms with Gasteiger partial charge in [-0.2, -0.15) is 13.2 Å². The third-order valence-corrected chi connectivity index (χ3v) is 5.90. The Kier molecular flexibility index (Phi) is 6.76. The maximum Gasteiger partial charge on any atom is 0.416 e. The molecule has 0 aliphatic heterocycles. The van der Waals surface area contributed by atoms with E-state index in [0.29, 0.717) is 5.16 Å². The Hall–Kier alpha value is -3.23. The first-order valence-electron chi connectivity index (χ1n) is 9.81. The van der Waals surface area contributed by atoms with Gasteiger partial charge < -0.3 is 10.3 Å². The molecule has 0 spiro atoms. The Morgan fingerprint density at radius 1 is 0.970 bits per heavy atom. The van der Waals surface area contributed by atoms with E-state index in [0.717, 1.165) is 52.5 Å². The Morgan fingerprint density at radius 2 is 1.61 bits per heavy atom. The number of hydrogen-bond donors (Lipinski definition) is 2. The summed E-state index contributed by atoms with van der Waals surface area (Å²) < 4.78 is 38.9. The highest BCUT2D eigenvalue weighted by Gasteiger charge is 2.31. The van der Waals surface area contributed by atoms with Crippen LogP contribution in [0.5, 0.6) is 0 Å². The number of H-pyrrole nitrogens is 1.